The van der Waals surface area contributed by atoms with Gasteiger partial charge in [-0.1, -0.05) is 32.9 Å². The zero-order chi connectivity index (χ0) is 12.1. The third-order valence-corrected chi connectivity index (χ3v) is 8.92. The van der Waals surface area contributed by atoms with Crippen molar-refractivity contribution in [1.29, 1.82) is 0 Å². The highest BCUT2D eigenvalue weighted by Gasteiger charge is 2.48. The average molecular weight is 238 g/mol. The van der Waals surface area contributed by atoms with Gasteiger partial charge in [0, 0.05) is 18.3 Å². The van der Waals surface area contributed by atoms with E-state index < -0.39 is 8.32 Å². The fourth-order valence-electron chi connectivity index (χ4n) is 2.17. The second-order valence-electron chi connectivity index (χ2n) is 6.58. The first kappa shape index (κ1) is 12.1. The predicted octanol–water partition coefficient (Wildman–Crippen LogP) is 3.15. The molecule has 0 aromatic carbocycles. The van der Waals surface area contributed by atoms with Crippen LogP contribution in [0.25, 0.3) is 0 Å². The normalized spacial score (nSPS) is 33.8. The standard InChI is InChI=1S/C13H22O2Si/c1-13(2,3)16(4,5)15-12-8-11(14)9-6-7-10(9)12/h6-7,9-10,12H,8H2,1-5H3/t9-,10+,12-/m1/s1. The first-order valence-electron chi connectivity index (χ1n) is 6.11. The first-order chi connectivity index (χ1) is 7.22. The molecule has 0 aromatic rings. The Morgan fingerprint density at radius 3 is 2.31 bits per heavy atom. The van der Waals surface area contributed by atoms with Crippen molar-refractivity contribution < 1.29 is 9.22 Å². The van der Waals surface area contributed by atoms with Crippen LogP contribution in [-0.4, -0.2) is 20.2 Å². The van der Waals surface area contributed by atoms with Crippen LogP contribution in [0.4, 0.5) is 0 Å². The Morgan fingerprint density at radius 2 is 1.94 bits per heavy atom. The second kappa shape index (κ2) is 3.54. The molecule has 1 fully saturated rings. The Kier molecular flexibility index (Phi) is 2.67. The number of hydrogen-bond donors (Lipinski definition) is 0. The number of allylic oxidation sites excluding steroid dienone is 1. The highest BCUT2D eigenvalue weighted by Crippen LogP contribution is 2.44. The van der Waals surface area contributed by atoms with Crippen LogP contribution in [0.2, 0.25) is 18.1 Å². The summed E-state index contributed by atoms with van der Waals surface area (Å²) < 4.78 is 6.33. The highest BCUT2D eigenvalue weighted by atomic mass is 28.4. The molecular formula is C13H22O2Si. The third kappa shape index (κ3) is 1.80. The SMILES string of the molecule is CC(C)(C)[Si](C)(C)O[C@@H]1CC(=O)[C@@H]2C=C[C@H]12. The molecule has 0 N–H and O–H groups in total. The van der Waals surface area contributed by atoms with E-state index in [1.54, 1.807) is 0 Å². The molecule has 90 valence electrons. The number of hydrogen-bond acceptors (Lipinski definition) is 2. The molecule has 0 saturated heterocycles. The van der Waals surface area contributed by atoms with E-state index in [2.05, 4.69) is 39.9 Å². The van der Waals surface area contributed by atoms with Gasteiger partial charge in [0.25, 0.3) is 0 Å². The van der Waals surface area contributed by atoms with Gasteiger partial charge in [-0.15, -0.1) is 0 Å². The fourth-order valence-corrected chi connectivity index (χ4v) is 3.52. The van der Waals surface area contributed by atoms with E-state index in [0.717, 1.165) is 0 Å². The summed E-state index contributed by atoms with van der Waals surface area (Å²) >= 11 is 0. The van der Waals surface area contributed by atoms with Crippen molar-refractivity contribution in [3.63, 3.8) is 0 Å². The molecule has 2 rings (SSSR count). The van der Waals surface area contributed by atoms with Gasteiger partial charge in [0.15, 0.2) is 8.32 Å². The first-order valence-corrected chi connectivity index (χ1v) is 9.02. The lowest BCUT2D eigenvalue weighted by Crippen LogP contribution is -2.45. The van der Waals surface area contributed by atoms with Crippen LogP contribution in [0.5, 0.6) is 0 Å². The molecule has 3 atom stereocenters. The average Bonchev–Trinajstić information content (AvgIpc) is 2.15. The minimum Gasteiger partial charge on any atom is -0.413 e. The lowest BCUT2D eigenvalue weighted by molar-refractivity contribution is -0.120. The van der Waals surface area contributed by atoms with E-state index in [-0.39, 0.29) is 17.1 Å². The summed E-state index contributed by atoms with van der Waals surface area (Å²) in [6.45, 7) is 11.2. The minimum absolute atomic E-state index is 0.156. The van der Waals surface area contributed by atoms with Crippen molar-refractivity contribution in [3.8, 4) is 0 Å². The van der Waals surface area contributed by atoms with Gasteiger partial charge in [-0.2, -0.15) is 0 Å². The maximum atomic E-state index is 11.7. The fraction of sp³-hybridized carbons (Fsp3) is 0.769. The Balaban J connectivity index is 2.06. The topological polar surface area (TPSA) is 26.3 Å². The molecule has 0 bridgehead atoms. The van der Waals surface area contributed by atoms with Gasteiger partial charge in [-0.3, -0.25) is 4.79 Å². The van der Waals surface area contributed by atoms with E-state index in [9.17, 15) is 4.79 Å². The maximum Gasteiger partial charge on any atom is 0.192 e. The quantitative estimate of drug-likeness (QED) is 0.545. The smallest absolute Gasteiger partial charge is 0.192 e. The summed E-state index contributed by atoms with van der Waals surface area (Å²) in [5.74, 6) is 0.924. The summed E-state index contributed by atoms with van der Waals surface area (Å²) in [6.07, 6.45) is 4.95. The lowest BCUT2D eigenvalue weighted by atomic mass is 9.84. The van der Waals surface area contributed by atoms with Gasteiger partial charge in [-0.25, -0.2) is 0 Å². The number of ketones is 1. The molecule has 2 aliphatic carbocycles. The molecule has 1 saturated carbocycles. The molecule has 16 heavy (non-hydrogen) atoms. The predicted molar refractivity (Wildman–Crippen MR) is 67.8 cm³/mol. The number of Topliss-reactive ketones (excluding diaryl/α,β-unsaturated/α-hetero) is 1. The van der Waals surface area contributed by atoms with Gasteiger partial charge < -0.3 is 4.43 Å². The van der Waals surface area contributed by atoms with E-state index in [1.807, 2.05) is 6.08 Å². The van der Waals surface area contributed by atoms with Crippen molar-refractivity contribution in [2.75, 3.05) is 0 Å². The Bertz CT molecular complexity index is 338. The molecule has 0 amide bonds. The maximum absolute atomic E-state index is 11.7. The summed E-state index contributed by atoms with van der Waals surface area (Å²) in [4.78, 5) is 11.7. The van der Waals surface area contributed by atoms with Gasteiger partial charge in [-0.05, 0) is 18.1 Å². The molecule has 0 spiro atoms. The van der Waals surface area contributed by atoms with E-state index in [1.165, 1.54) is 0 Å². The van der Waals surface area contributed by atoms with Crippen molar-refractivity contribution in [3.05, 3.63) is 12.2 Å². The number of carbonyl (C=O) groups excluding carboxylic acids is 1. The second-order valence-corrected chi connectivity index (χ2v) is 11.3. The minimum atomic E-state index is -1.72. The lowest BCUT2D eigenvalue weighted by Gasteiger charge is -2.40. The molecule has 2 nitrogen and oxygen atoms in total. The molecule has 0 aromatic heterocycles. The monoisotopic (exact) mass is 238 g/mol. The summed E-state index contributed by atoms with van der Waals surface area (Å²) in [7, 11) is -1.72. The highest BCUT2D eigenvalue weighted by molar-refractivity contribution is 6.74. The largest absolute Gasteiger partial charge is 0.413 e. The third-order valence-electron chi connectivity index (χ3n) is 4.41. The number of rotatable bonds is 2. The van der Waals surface area contributed by atoms with Gasteiger partial charge in [0.2, 0.25) is 0 Å². The van der Waals surface area contributed by atoms with Crippen molar-refractivity contribution in [2.24, 2.45) is 11.8 Å². The molecule has 0 aliphatic heterocycles. The Labute approximate surface area is 99.2 Å². The molecule has 0 radical (unpaired) electrons. The molecule has 0 unspecified atom stereocenters. The van der Waals surface area contributed by atoms with E-state index >= 15 is 0 Å². The zero-order valence-electron chi connectivity index (χ0n) is 10.9. The summed E-state index contributed by atoms with van der Waals surface area (Å²) in [6, 6.07) is 0. The van der Waals surface area contributed by atoms with Crippen molar-refractivity contribution in [2.45, 2.75) is 51.4 Å². The van der Waals surface area contributed by atoms with Crippen molar-refractivity contribution in [1.82, 2.24) is 0 Å². The summed E-state index contributed by atoms with van der Waals surface area (Å²) in [5.41, 5.74) is 0. The van der Waals surface area contributed by atoms with Crippen LogP contribution in [0.1, 0.15) is 27.2 Å². The molecular weight excluding hydrogens is 216 g/mol. The number of carbonyl (C=O) groups is 1. The molecule has 3 heteroatoms. The number of fused-ring (bicyclic) bond motifs is 1. The van der Waals surface area contributed by atoms with Crippen LogP contribution >= 0.6 is 0 Å². The van der Waals surface area contributed by atoms with Crippen LogP contribution in [-0.2, 0) is 9.22 Å². The van der Waals surface area contributed by atoms with Gasteiger partial charge >= 0.3 is 0 Å². The van der Waals surface area contributed by atoms with E-state index in [4.69, 9.17) is 4.43 Å². The Morgan fingerprint density at radius 1 is 1.31 bits per heavy atom. The van der Waals surface area contributed by atoms with Crippen molar-refractivity contribution >= 4 is 14.1 Å². The van der Waals surface area contributed by atoms with Gasteiger partial charge in [0.1, 0.15) is 5.78 Å². The van der Waals surface area contributed by atoms with E-state index in [0.29, 0.717) is 18.1 Å². The van der Waals surface area contributed by atoms with Crippen LogP contribution < -0.4 is 0 Å². The zero-order valence-corrected chi connectivity index (χ0v) is 11.9. The molecule has 2 aliphatic rings. The van der Waals surface area contributed by atoms with Gasteiger partial charge in [0.05, 0.1) is 6.10 Å². The van der Waals surface area contributed by atoms with Crippen LogP contribution in [0.3, 0.4) is 0 Å². The van der Waals surface area contributed by atoms with Crippen LogP contribution in [0, 0.1) is 11.8 Å². The summed E-state index contributed by atoms with van der Waals surface area (Å²) in [5, 5.41) is 0.224. The Hall–Kier alpha value is -0.413. The van der Waals surface area contributed by atoms with Crippen LogP contribution in [0.15, 0.2) is 12.2 Å². The molecule has 0 heterocycles.